The largest absolute Gasteiger partial charge is 0.387 e. The Morgan fingerprint density at radius 3 is 2.62 bits per heavy atom. The molecular formula is C26H28N6O2. The molecule has 1 aromatic heterocycles. The van der Waals surface area contributed by atoms with Crippen LogP contribution in [-0.4, -0.2) is 54.4 Å². The predicted molar refractivity (Wildman–Crippen MR) is 131 cm³/mol. The van der Waals surface area contributed by atoms with Crippen molar-refractivity contribution in [2.75, 3.05) is 44.0 Å². The number of likely N-dealkylation sites (tertiary alicyclic amines) is 1. The van der Waals surface area contributed by atoms with Gasteiger partial charge in [-0.3, -0.25) is 4.79 Å². The van der Waals surface area contributed by atoms with E-state index in [9.17, 15) is 10.1 Å². The number of anilines is 2. The van der Waals surface area contributed by atoms with E-state index >= 15 is 0 Å². The minimum Gasteiger partial charge on any atom is -0.387 e. The van der Waals surface area contributed by atoms with E-state index in [0.29, 0.717) is 16.9 Å². The average molecular weight is 457 g/mol. The molecule has 8 nitrogen and oxygen atoms in total. The quantitative estimate of drug-likeness (QED) is 0.602. The highest BCUT2D eigenvalue weighted by atomic mass is 16.5. The Hall–Kier alpha value is -3.70. The van der Waals surface area contributed by atoms with Gasteiger partial charge in [0.2, 0.25) is 0 Å². The Morgan fingerprint density at radius 1 is 1.21 bits per heavy atom. The third-order valence-corrected chi connectivity index (χ3v) is 7.07. The number of hydrogen-bond donors (Lipinski definition) is 2. The summed E-state index contributed by atoms with van der Waals surface area (Å²) in [5.74, 6) is 0.659. The number of benzene rings is 2. The molecule has 2 aliphatic rings. The van der Waals surface area contributed by atoms with Crippen LogP contribution in [-0.2, 0) is 4.74 Å². The molecule has 5 rings (SSSR count). The number of nitrogens with zero attached hydrogens (tertiary/aromatic N) is 4. The number of aryl methyl sites for hydroxylation is 1. The number of nitriles is 1. The van der Waals surface area contributed by atoms with E-state index in [-0.39, 0.29) is 17.4 Å². The maximum absolute atomic E-state index is 13.3. The first-order valence-corrected chi connectivity index (χ1v) is 11.5. The second-order valence-electron chi connectivity index (χ2n) is 9.48. The predicted octanol–water partition coefficient (Wildman–Crippen LogP) is 3.81. The van der Waals surface area contributed by atoms with Crippen molar-refractivity contribution >= 4 is 28.2 Å². The van der Waals surface area contributed by atoms with Crippen molar-refractivity contribution in [2.24, 2.45) is 5.41 Å². The fraction of sp³-hybridized carbons (Fsp3) is 0.385. The average Bonchev–Trinajstić information content (AvgIpc) is 2.78. The molecule has 0 bridgehead atoms. The summed E-state index contributed by atoms with van der Waals surface area (Å²) in [4.78, 5) is 15.2. The highest BCUT2D eigenvalue weighted by Gasteiger charge is 2.50. The van der Waals surface area contributed by atoms with Gasteiger partial charge in [-0.1, -0.05) is 12.1 Å². The van der Waals surface area contributed by atoms with E-state index in [4.69, 9.17) is 4.74 Å². The molecule has 1 unspecified atom stereocenters. The standard InChI is InChI=1S/C26H28N6O2/c1-15-18(10-27)6-5-7-19(15)16(2)29-24-21-9-23(28-4)22(8-20(21)17(3)30-31-24)25(33)32-11-26(12-32)13-34-14-26/h5-9,16,28H,11-14H2,1-4H3,(H,29,31). The zero-order valence-corrected chi connectivity index (χ0v) is 19.9. The van der Waals surface area contributed by atoms with E-state index in [0.717, 1.165) is 59.6 Å². The minimum atomic E-state index is -0.0881. The highest BCUT2D eigenvalue weighted by molar-refractivity contribution is 6.07. The maximum Gasteiger partial charge on any atom is 0.256 e. The number of nitrogens with one attached hydrogen (secondary N) is 2. The zero-order valence-electron chi connectivity index (χ0n) is 19.9. The first kappa shape index (κ1) is 22.1. The fourth-order valence-corrected chi connectivity index (χ4v) is 5.00. The molecule has 2 saturated heterocycles. The van der Waals surface area contributed by atoms with Gasteiger partial charge in [-0.05, 0) is 50.1 Å². The van der Waals surface area contributed by atoms with Crippen molar-refractivity contribution in [1.29, 1.82) is 5.26 Å². The smallest absolute Gasteiger partial charge is 0.256 e. The van der Waals surface area contributed by atoms with Gasteiger partial charge < -0.3 is 20.3 Å². The fourth-order valence-electron chi connectivity index (χ4n) is 5.00. The van der Waals surface area contributed by atoms with Gasteiger partial charge in [-0.2, -0.15) is 10.4 Å². The molecule has 3 aromatic rings. The van der Waals surface area contributed by atoms with Crippen LogP contribution in [0.3, 0.4) is 0 Å². The van der Waals surface area contributed by atoms with Gasteiger partial charge in [0.25, 0.3) is 5.91 Å². The lowest BCUT2D eigenvalue weighted by Crippen LogP contribution is -2.67. The molecule has 1 amide bonds. The van der Waals surface area contributed by atoms with Gasteiger partial charge in [-0.15, -0.1) is 5.10 Å². The number of hydrogen-bond acceptors (Lipinski definition) is 7. The third kappa shape index (κ3) is 3.53. The summed E-state index contributed by atoms with van der Waals surface area (Å²) < 4.78 is 5.34. The molecule has 2 aromatic carbocycles. The van der Waals surface area contributed by atoms with Gasteiger partial charge in [0, 0.05) is 36.6 Å². The first-order valence-electron chi connectivity index (χ1n) is 11.5. The number of carbonyl (C=O) groups excluding carboxylic acids is 1. The first-order chi connectivity index (χ1) is 16.4. The SMILES string of the molecule is CNc1cc2c(NC(C)c3cccc(C#N)c3C)nnc(C)c2cc1C(=O)N1CC2(COC2)C1. The van der Waals surface area contributed by atoms with E-state index in [1.54, 1.807) is 0 Å². The topological polar surface area (TPSA) is 103 Å². The van der Waals surface area contributed by atoms with Crippen LogP contribution in [0.25, 0.3) is 10.8 Å². The van der Waals surface area contributed by atoms with Crippen molar-refractivity contribution in [1.82, 2.24) is 15.1 Å². The lowest BCUT2D eigenvalue weighted by molar-refractivity contribution is -0.176. The van der Waals surface area contributed by atoms with Crippen LogP contribution in [0, 0.1) is 30.6 Å². The Bertz CT molecular complexity index is 1330. The van der Waals surface area contributed by atoms with Crippen molar-refractivity contribution < 1.29 is 9.53 Å². The number of ether oxygens (including phenoxy) is 1. The van der Waals surface area contributed by atoms with Gasteiger partial charge in [-0.25, -0.2) is 0 Å². The molecule has 1 spiro atoms. The molecule has 0 saturated carbocycles. The van der Waals surface area contributed by atoms with Crippen LogP contribution < -0.4 is 10.6 Å². The monoisotopic (exact) mass is 456 g/mol. The van der Waals surface area contributed by atoms with Crippen LogP contribution >= 0.6 is 0 Å². The van der Waals surface area contributed by atoms with Crippen molar-refractivity contribution in [3.05, 3.63) is 58.3 Å². The normalized spacial score (nSPS) is 17.0. The Kier molecular flexibility index (Phi) is 5.37. The van der Waals surface area contributed by atoms with Crippen molar-refractivity contribution in [3.63, 3.8) is 0 Å². The Morgan fingerprint density at radius 2 is 1.97 bits per heavy atom. The van der Waals surface area contributed by atoms with Crippen LogP contribution in [0.1, 0.15) is 45.7 Å². The summed E-state index contributed by atoms with van der Waals surface area (Å²) >= 11 is 0. The number of carbonyl (C=O) groups is 1. The molecule has 3 heterocycles. The molecule has 2 aliphatic heterocycles. The highest BCUT2D eigenvalue weighted by Crippen LogP contribution is 2.39. The second kappa shape index (κ2) is 8.26. The molecule has 34 heavy (non-hydrogen) atoms. The van der Waals surface area contributed by atoms with E-state index in [1.807, 2.05) is 63.1 Å². The van der Waals surface area contributed by atoms with Crippen molar-refractivity contribution in [3.8, 4) is 6.07 Å². The zero-order chi connectivity index (χ0) is 24.0. The van der Waals surface area contributed by atoms with Gasteiger partial charge >= 0.3 is 0 Å². The van der Waals surface area contributed by atoms with E-state index < -0.39 is 0 Å². The Labute approximate surface area is 198 Å². The van der Waals surface area contributed by atoms with Gasteiger partial charge in [0.1, 0.15) is 0 Å². The number of fused-ring (bicyclic) bond motifs is 1. The molecule has 8 heteroatoms. The summed E-state index contributed by atoms with van der Waals surface area (Å²) in [6.07, 6.45) is 0. The summed E-state index contributed by atoms with van der Waals surface area (Å²) in [6.45, 7) is 8.87. The van der Waals surface area contributed by atoms with Crippen LogP contribution in [0.2, 0.25) is 0 Å². The van der Waals surface area contributed by atoms with Crippen LogP contribution in [0.15, 0.2) is 30.3 Å². The summed E-state index contributed by atoms with van der Waals surface area (Å²) in [7, 11) is 1.82. The summed E-state index contributed by atoms with van der Waals surface area (Å²) in [6, 6.07) is 11.8. The molecule has 0 radical (unpaired) electrons. The number of aromatic nitrogens is 2. The molecular weight excluding hydrogens is 428 g/mol. The molecule has 1 atom stereocenters. The third-order valence-electron chi connectivity index (χ3n) is 7.07. The molecule has 2 N–H and O–H groups in total. The van der Waals surface area contributed by atoms with Gasteiger partial charge in [0.05, 0.1) is 47.6 Å². The lowest BCUT2D eigenvalue weighted by Gasteiger charge is -2.55. The van der Waals surface area contributed by atoms with Crippen molar-refractivity contribution in [2.45, 2.75) is 26.8 Å². The van der Waals surface area contributed by atoms with Crippen LogP contribution in [0.5, 0.6) is 0 Å². The molecule has 0 aliphatic carbocycles. The van der Waals surface area contributed by atoms with Gasteiger partial charge in [0.15, 0.2) is 5.82 Å². The molecule has 174 valence electrons. The van der Waals surface area contributed by atoms with E-state index in [1.165, 1.54) is 0 Å². The molecule has 2 fully saturated rings. The maximum atomic E-state index is 13.3. The Balaban J connectivity index is 1.49. The minimum absolute atomic E-state index is 0.0202. The second-order valence-corrected chi connectivity index (χ2v) is 9.48. The number of rotatable bonds is 5. The lowest BCUT2D eigenvalue weighted by atomic mass is 9.77. The summed E-state index contributed by atoms with van der Waals surface area (Å²) in [5.41, 5.74) is 4.96. The van der Waals surface area contributed by atoms with Crippen LogP contribution in [0.4, 0.5) is 11.5 Å². The van der Waals surface area contributed by atoms with E-state index in [2.05, 4.69) is 26.9 Å². The number of amides is 1. The summed E-state index contributed by atoms with van der Waals surface area (Å²) in [5, 5.41) is 26.6.